The number of carbonyl (C=O) groups is 1. The van der Waals surface area contributed by atoms with E-state index in [1.165, 1.54) is 0 Å². The van der Waals surface area contributed by atoms with E-state index in [1.807, 2.05) is 13.8 Å². The van der Waals surface area contributed by atoms with Gasteiger partial charge in [-0.1, -0.05) is 13.8 Å². The van der Waals surface area contributed by atoms with Crippen LogP contribution in [0.2, 0.25) is 0 Å². The van der Waals surface area contributed by atoms with Gasteiger partial charge >= 0.3 is 6.43 Å². The molecule has 1 amide bonds. The van der Waals surface area contributed by atoms with Crippen LogP contribution < -0.4 is 5.73 Å². The zero-order valence-corrected chi connectivity index (χ0v) is 8.89. The molecule has 84 valence electrons. The lowest BCUT2D eigenvalue weighted by Crippen LogP contribution is -2.44. The number of nitrogens with zero attached hydrogens (tertiary/aromatic N) is 1. The highest BCUT2D eigenvalue weighted by atomic mass is 19.3. The number of halogens is 2. The van der Waals surface area contributed by atoms with E-state index in [0.717, 1.165) is 4.90 Å². The Hall–Kier alpha value is -0.710. The third kappa shape index (κ3) is 4.00. The Morgan fingerprint density at radius 3 is 2.29 bits per heavy atom. The Labute approximate surface area is 83.3 Å². The first-order chi connectivity index (χ1) is 6.34. The van der Waals surface area contributed by atoms with Crippen molar-refractivity contribution in [2.24, 2.45) is 11.1 Å². The van der Waals surface area contributed by atoms with Crippen LogP contribution in [0.25, 0.3) is 0 Å². The molecule has 3 nitrogen and oxygen atoms in total. The molecular formula is C9H18F2N2O. The lowest BCUT2D eigenvalue weighted by Gasteiger charge is -2.30. The first-order valence-electron chi connectivity index (χ1n) is 4.61. The number of hydrogen-bond donors (Lipinski definition) is 1. The molecule has 0 unspecified atom stereocenters. The van der Waals surface area contributed by atoms with Crippen molar-refractivity contribution in [3.63, 3.8) is 0 Å². The highest BCUT2D eigenvalue weighted by Gasteiger charge is 2.27. The van der Waals surface area contributed by atoms with Gasteiger partial charge in [0.05, 0.1) is 0 Å². The summed E-state index contributed by atoms with van der Waals surface area (Å²) in [6.07, 6.45) is -2.93. The van der Waals surface area contributed by atoms with Crippen LogP contribution in [0.1, 0.15) is 20.8 Å². The summed E-state index contributed by atoms with van der Waals surface area (Å²) in [5.74, 6) is -1.12. The monoisotopic (exact) mass is 208 g/mol. The fourth-order valence-electron chi connectivity index (χ4n) is 1.06. The average molecular weight is 208 g/mol. The van der Waals surface area contributed by atoms with E-state index in [0.29, 0.717) is 6.54 Å². The fourth-order valence-corrected chi connectivity index (χ4v) is 1.06. The standard InChI is InChI=1S/C9H18F2N2O/c1-4-13(8(14)7(10)11)6-9(2,3)5-12/h7H,4-6,12H2,1-3H3. The van der Waals surface area contributed by atoms with E-state index in [2.05, 4.69) is 0 Å². The number of alkyl halides is 2. The van der Waals surface area contributed by atoms with Crippen molar-refractivity contribution in [3.8, 4) is 0 Å². The maximum absolute atomic E-state index is 12.1. The first-order valence-corrected chi connectivity index (χ1v) is 4.61. The minimum atomic E-state index is -2.93. The number of amides is 1. The van der Waals surface area contributed by atoms with Gasteiger partial charge in [0.15, 0.2) is 0 Å². The van der Waals surface area contributed by atoms with E-state index in [9.17, 15) is 13.6 Å². The van der Waals surface area contributed by atoms with Crippen molar-refractivity contribution in [1.82, 2.24) is 4.90 Å². The summed E-state index contributed by atoms with van der Waals surface area (Å²) in [7, 11) is 0. The maximum atomic E-state index is 12.1. The van der Waals surface area contributed by atoms with Crippen molar-refractivity contribution < 1.29 is 13.6 Å². The first kappa shape index (κ1) is 13.3. The molecule has 0 aliphatic rings. The maximum Gasteiger partial charge on any atom is 0.315 e. The van der Waals surface area contributed by atoms with Gasteiger partial charge in [0, 0.05) is 13.1 Å². The Morgan fingerprint density at radius 1 is 1.50 bits per heavy atom. The fraction of sp³-hybridized carbons (Fsp3) is 0.889. The molecule has 0 bridgehead atoms. The van der Waals surface area contributed by atoms with Gasteiger partial charge in [-0.25, -0.2) is 0 Å². The smallest absolute Gasteiger partial charge is 0.315 e. The predicted octanol–water partition coefficient (Wildman–Crippen LogP) is 1.08. The van der Waals surface area contributed by atoms with Crippen molar-refractivity contribution in [3.05, 3.63) is 0 Å². The van der Waals surface area contributed by atoms with Crippen LogP contribution in [-0.4, -0.2) is 36.9 Å². The summed E-state index contributed by atoms with van der Waals surface area (Å²) in [6.45, 7) is 6.27. The molecular weight excluding hydrogens is 190 g/mol. The van der Waals surface area contributed by atoms with Gasteiger partial charge in [0.2, 0.25) is 0 Å². The normalized spacial score (nSPS) is 11.9. The van der Waals surface area contributed by atoms with Gasteiger partial charge < -0.3 is 10.6 Å². The molecule has 0 fully saturated rings. The van der Waals surface area contributed by atoms with Crippen molar-refractivity contribution in [1.29, 1.82) is 0 Å². The summed E-state index contributed by atoms with van der Waals surface area (Å²) < 4.78 is 24.2. The molecule has 0 atom stereocenters. The zero-order valence-electron chi connectivity index (χ0n) is 8.89. The molecule has 0 saturated heterocycles. The third-order valence-corrected chi connectivity index (χ3v) is 2.05. The summed E-state index contributed by atoms with van der Waals surface area (Å²) >= 11 is 0. The SMILES string of the molecule is CCN(CC(C)(C)CN)C(=O)C(F)F. The van der Waals surface area contributed by atoms with Crippen LogP contribution in [0.15, 0.2) is 0 Å². The minimum absolute atomic E-state index is 0.267. The molecule has 0 aromatic rings. The molecule has 0 rings (SSSR count). The summed E-state index contributed by atoms with van der Waals surface area (Å²) in [5.41, 5.74) is 5.14. The van der Waals surface area contributed by atoms with Gasteiger partial charge in [-0.2, -0.15) is 8.78 Å². The van der Waals surface area contributed by atoms with E-state index in [1.54, 1.807) is 6.92 Å². The average Bonchev–Trinajstić information content (AvgIpc) is 2.13. The van der Waals surface area contributed by atoms with Crippen molar-refractivity contribution in [2.45, 2.75) is 27.2 Å². The quantitative estimate of drug-likeness (QED) is 0.735. The minimum Gasteiger partial charge on any atom is -0.337 e. The second kappa shape index (κ2) is 5.24. The van der Waals surface area contributed by atoms with E-state index in [-0.39, 0.29) is 18.5 Å². The molecule has 0 aromatic heterocycles. The molecule has 0 aliphatic carbocycles. The largest absolute Gasteiger partial charge is 0.337 e. The molecule has 5 heteroatoms. The van der Waals surface area contributed by atoms with Crippen LogP contribution in [0, 0.1) is 5.41 Å². The summed E-state index contributed by atoms with van der Waals surface area (Å²) in [4.78, 5) is 12.1. The van der Waals surface area contributed by atoms with E-state index < -0.39 is 12.3 Å². The molecule has 14 heavy (non-hydrogen) atoms. The number of hydrogen-bond acceptors (Lipinski definition) is 2. The molecule has 2 N–H and O–H groups in total. The molecule has 0 heterocycles. The topological polar surface area (TPSA) is 46.3 Å². The van der Waals surface area contributed by atoms with Crippen molar-refractivity contribution in [2.75, 3.05) is 19.6 Å². The Kier molecular flexibility index (Phi) is 4.97. The van der Waals surface area contributed by atoms with Gasteiger partial charge in [-0.3, -0.25) is 4.79 Å². The van der Waals surface area contributed by atoms with E-state index >= 15 is 0 Å². The predicted molar refractivity (Wildman–Crippen MR) is 51.1 cm³/mol. The van der Waals surface area contributed by atoms with Crippen LogP contribution in [0.3, 0.4) is 0 Å². The molecule has 0 radical (unpaired) electrons. The summed E-state index contributed by atoms with van der Waals surface area (Å²) in [6, 6.07) is 0. The second-order valence-electron chi connectivity index (χ2n) is 4.02. The Morgan fingerprint density at radius 2 is 2.00 bits per heavy atom. The second-order valence-corrected chi connectivity index (χ2v) is 4.02. The lowest BCUT2D eigenvalue weighted by atomic mass is 9.93. The lowest BCUT2D eigenvalue weighted by molar-refractivity contribution is -0.143. The Bertz CT molecular complexity index is 195. The van der Waals surface area contributed by atoms with Crippen LogP contribution in [0.5, 0.6) is 0 Å². The highest BCUT2D eigenvalue weighted by Crippen LogP contribution is 2.16. The van der Waals surface area contributed by atoms with Crippen LogP contribution in [0.4, 0.5) is 8.78 Å². The number of carbonyl (C=O) groups excluding carboxylic acids is 1. The molecule has 0 saturated carbocycles. The number of rotatable bonds is 5. The number of nitrogens with two attached hydrogens (primary N) is 1. The molecule has 0 spiro atoms. The van der Waals surface area contributed by atoms with Gasteiger partial charge in [0.25, 0.3) is 5.91 Å². The van der Waals surface area contributed by atoms with Crippen LogP contribution in [-0.2, 0) is 4.79 Å². The van der Waals surface area contributed by atoms with Gasteiger partial charge in [0.1, 0.15) is 0 Å². The van der Waals surface area contributed by atoms with Crippen molar-refractivity contribution >= 4 is 5.91 Å². The zero-order chi connectivity index (χ0) is 11.4. The highest BCUT2D eigenvalue weighted by molar-refractivity contribution is 5.79. The Balaban J connectivity index is 4.37. The van der Waals surface area contributed by atoms with Gasteiger partial charge in [-0.05, 0) is 18.9 Å². The summed E-state index contributed by atoms with van der Waals surface area (Å²) in [5, 5.41) is 0. The van der Waals surface area contributed by atoms with Gasteiger partial charge in [-0.15, -0.1) is 0 Å². The van der Waals surface area contributed by atoms with E-state index in [4.69, 9.17) is 5.73 Å². The third-order valence-electron chi connectivity index (χ3n) is 2.05. The molecule has 0 aromatic carbocycles. The molecule has 0 aliphatic heterocycles. The van der Waals surface area contributed by atoms with Crippen LogP contribution >= 0.6 is 0 Å².